The van der Waals surface area contributed by atoms with E-state index in [1.165, 1.54) is 16.8 Å². The average molecular weight is 717 g/mol. The van der Waals surface area contributed by atoms with Gasteiger partial charge in [-0.3, -0.25) is 14.5 Å². The number of ether oxygens (including phenoxy) is 2. The topological polar surface area (TPSA) is 96.3 Å². The van der Waals surface area contributed by atoms with Gasteiger partial charge in [-0.25, -0.2) is 0 Å². The molecule has 0 unspecified atom stereocenters. The Morgan fingerprint density at radius 3 is 2.28 bits per heavy atom. The number of aliphatic carboxylic acids is 1. The maximum absolute atomic E-state index is 14.1. The Kier molecular flexibility index (Phi) is 13.1. The molecule has 2 heterocycles. The van der Waals surface area contributed by atoms with Gasteiger partial charge >= 0.3 is 5.97 Å². The van der Waals surface area contributed by atoms with Crippen molar-refractivity contribution in [3.63, 3.8) is 0 Å². The minimum absolute atomic E-state index is 0.0764. The number of benzene rings is 4. The Morgan fingerprint density at radius 2 is 1.51 bits per heavy atom. The summed E-state index contributed by atoms with van der Waals surface area (Å²) in [6, 6.07) is 30.4. The molecule has 4 aromatic carbocycles. The zero-order chi connectivity index (χ0) is 37.0. The SMILES string of the molecule is CCCOc1ccccc1N1CCN(CCCOc2cc(C(=O)c3cn(CCCC(=O)O)c4ccccc34)ccc2NCc2ccc(CC)cc2)CC1. The number of carbonyl (C=O) groups is 2. The number of carbonyl (C=O) groups excluding carboxylic acids is 1. The normalized spacial score (nSPS) is 13.3. The lowest BCUT2D eigenvalue weighted by molar-refractivity contribution is -0.137. The molecule has 9 heteroatoms. The molecule has 0 atom stereocenters. The molecule has 1 aromatic heterocycles. The van der Waals surface area contributed by atoms with Crippen molar-refractivity contribution in [2.75, 3.05) is 56.2 Å². The number of carboxylic acid groups (broad SMARTS) is 1. The molecule has 0 amide bonds. The maximum atomic E-state index is 14.1. The number of hydrogen-bond acceptors (Lipinski definition) is 7. The lowest BCUT2D eigenvalue weighted by atomic mass is 10.0. The summed E-state index contributed by atoms with van der Waals surface area (Å²) in [4.78, 5) is 30.1. The van der Waals surface area contributed by atoms with Crippen LogP contribution in [0, 0.1) is 0 Å². The Bertz CT molecular complexity index is 1960. The molecule has 0 saturated carbocycles. The quantitative estimate of drug-likeness (QED) is 0.0651. The largest absolute Gasteiger partial charge is 0.491 e. The van der Waals surface area contributed by atoms with Crippen molar-refractivity contribution in [3.05, 3.63) is 119 Å². The molecular weight excluding hydrogens is 665 g/mol. The molecule has 0 bridgehead atoms. The van der Waals surface area contributed by atoms with Gasteiger partial charge in [-0.15, -0.1) is 0 Å². The molecule has 278 valence electrons. The van der Waals surface area contributed by atoms with E-state index in [0.29, 0.717) is 43.0 Å². The van der Waals surface area contributed by atoms with E-state index in [9.17, 15) is 9.59 Å². The number of rotatable bonds is 19. The van der Waals surface area contributed by atoms with Gasteiger partial charge in [-0.05, 0) is 73.2 Å². The Morgan fingerprint density at radius 1 is 0.774 bits per heavy atom. The second-order valence-electron chi connectivity index (χ2n) is 13.7. The number of ketones is 1. The van der Waals surface area contributed by atoms with Gasteiger partial charge in [0.1, 0.15) is 11.5 Å². The van der Waals surface area contributed by atoms with Gasteiger partial charge in [0.25, 0.3) is 0 Å². The molecule has 53 heavy (non-hydrogen) atoms. The smallest absolute Gasteiger partial charge is 0.303 e. The summed E-state index contributed by atoms with van der Waals surface area (Å²) in [5.41, 5.74) is 6.54. The van der Waals surface area contributed by atoms with Crippen LogP contribution in [0.3, 0.4) is 0 Å². The number of fused-ring (bicyclic) bond motifs is 1. The monoisotopic (exact) mass is 716 g/mol. The van der Waals surface area contributed by atoms with Gasteiger partial charge in [0.2, 0.25) is 0 Å². The third-order valence-electron chi connectivity index (χ3n) is 9.90. The third kappa shape index (κ3) is 9.78. The third-order valence-corrected chi connectivity index (χ3v) is 9.90. The lowest BCUT2D eigenvalue weighted by Crippen LogP contribution is -2.46. The summed E-state index contributed by atoms with van der Waals surface area (Å²) >= 11 is 0. The van der Waals surface area contributed by atoms with Crippen molar-refractivity contribution in [2.24, 2.45) is 0 Å². The van der Waals surface area contributed by atoms with E-state index >= 15 is 0 Å². The Labute approximate surface area is 313 Å². The number of carboxylic acids is 1. The van der Waals surface area contributed by atoms with Crippen molar-refractivity contribution in [2.45, 2.75) is 59.0 Å². The molecule has 0 aliphatic carbocycles. The van der Waals surface area contributed by atoms with Gasteiger partial charge in [-0.1, -0.05) is 68.4 Å². The summed E-state index contributed by atoms with van der Waals surface area (Å²) in [6.45, 7) is 11.4. The molecule has 0 spiro atoms. The van der Waals surface area contributed by atoms with Crippen LogP contribution < -0.4 is 19.7 Å². The number of aryl methyl sites for hydroxylation is 2. The van der Waals surface area contributed by atoms with Crippen LogP contribution >= 0.6 is 0 Å². The molecule has 9 nitrogen and oxygen atoms in total. The summed E-state index contributed by atoms with van der Waals surface area (Å²) in [5, 5.41) is 13.6. The first kappa shape index (κ1) is 37.5. The summed E-state index contributed by atoms with van der Waals surface area (Å²) < 4.78 is 14.5. The minimum atomic E-state index is -0.825. The molecule has 5 aromatic rings. The summed E-state index contributed by atoms with van der Waals surface area (Å²) in [5.74, 6) is 0.694. The molecular formula is C44H52N4O5. The molecule has 6 rings (SSSR count). The Hall–Kier alpha value is -5.28. The highest BCUT2D eigenvalue weighted by atomic mass is 16.5. The van der Waals surface area contributed by atoms with E-state index in [0.717, 1.165) is 80.9 Å². The summed E-state index contributed by atoms with van der Waals surface area (Å²) in [6.07, 6.45) is 5.26. The molecule has 1 aliphatic heterocycles. The van der Waals surface area contributed by atoms with Crippen LogP contribution in [-0.2, 0) is 24.3 Å². The number of para-hydroxylation sites is 3. The zero-order valence-corrected chi connectivity index (χ0v) is 31.1. The molecule has 2 N–H and O–H groups in total. The van der Waals surface area contributed by atoms with E-state index in [1.54, 1.807) is 0 Å². The van der Waals surface area contributed by atoms with Crippen LogP contribution in [0.15, 0.2) is 97.2 Å². The standard InChI is InChI=1S/C44H52N4O5/c1-3-28-52-41-14-8-7-13-40(41)47-26-24-46(25-27-47)22-10-29-53-42-30-35(20-21-38(42)45-31-34-18-16-33(4-2)17-19-34)44(51)37-32-48(23-9-15-43(49)50)39-12-6-5-11-36(37)39/h5-8,11-14,16-21,30,32,45H,3-4,9-10,15,22-29,31H2,1-2H3,(H,49,50). The first-order chi connectivity index (χ1) is 25.9. The first-order valence-corrected chi connectivity index (χ1v) is 19.1. The van der Waals surface area contributed by atoms with Crippen LogP contribution in [0.1, 0.15) is 66.6 Å². The zero-order valence-electron chi connectivity index (χ0n) is 31.1. The summed E-state index contributed by atoms with van der Waals surface area (Å²) in [7, 11) is 0. The van der Waals surface area contributed by atoms with Crippen LogP contribution in [0.5, 0.6) is 11.5 Å². The van der Waals surface area contributed by atoms with Crippen molar-refractivity contribution in [1.82, 2.24) is 9.47 Å². The van der Waals surface area contributed by atoms with Crippen LogP contribution in [0.2, 0.25) is 0 Å². The second kappa shape index (κ2) is 18.5. The van der Waals surface area contributed by atoms with E-state index in [1.807, 2.05) is 59.3 Å². The van der Waals surface area contributed by atoms with Crippen LogP contribution in [0.4, 0.5) is 11.4 Å². The number of hydrogen-bond donors (Lipinski definition) is 2. The molecule has 0 radical (unpaired) electrons. The number of anilines is 2. The fourth-order valence-corrected chi connectivity index (χ4v) is 6.92. The average Bonchev–Trinajstić information content (AvgIpc) is 3.56. The highest BCUT2D eigenvalue weighted by molar-refractivity contribution is 6.16. The fourth-order valence-electron chi connectivity index (χ4n) is 6.92. The van der Waals surface area contributed by atoms with Crippen molar-refractivity contribution < 1.29 is 24.2 Å². The van der Waals surface area contributed by atoms with Gasteiger partial charge < -0.3 is 29.4 Å². The van der Waals surface area contributed by atoms with E-state index in [4.69, 9.17) is 14.6 Å². The second-order valence-corrected chi connectivity index (χ2v) is 13.7. The fraction of sp³-hybridized carbons (Fsp3) is 0.364. The van der Waals surface area contributed by atoms with Gasteiger partial charge in [-0.2, -0.15) is 0 Å². The lowest BCUT2D eigenvalue weighted by Gasteiger charge is -2.36. The maximum Gasteiger partial charge on any atom is 0.303 e. The predicted octanol–water partition coefficient (Wildman–Crippen LogP) is 8.29. The highest BCUT2D eigenvalue weighted by Crippen LogP contribution is 2.31. The van der Waals surface area contributed by atoms with Crippen LogP contribution in [0.25, 0.3) is 10.9 Å². The van der Waals surface area contributed by atoms with Crippen LogP contribution in [-0.4, -0.2) is 72.3 Å². The van der Waals surface area contributed by atoms with Crippen molar-refractivity contribution in [3.8, 4) is 11.5 Å². The number of aromatic nitrogens is 1. The first-order valence-electron chi connectivity index (χ1n) is 19.1. The van der Waals surface area contributed by atoms with Crippen molar-refractivity contribution in [1.29, 1.82) is 0 Å². The van der Waals surface area contributed by atoms with Gasteiger partial charge in [0.15, 0.2) is 5.78 Å². The van der Waals surface area contributed by atoms with Crippen molar-refractivity contribution >= 4 is 34.0 Å². The van der Waals surface area contributed by atoms with E-state index < -0.39 is 5.97 Å². The van der Waals surface area contributed by atoms with E-state index in [2.05, 4.69) is 71.4 Å². The highest BCUT2D eigenvalue weighted by Gasteiger charge is 2.21. The number of nitrogens with one attached hydrogen (secondary N) is 1. The molecule has 1 fully saturated rings. The molecule has 1 aliphatic rings. The van der Waals surface area contributed by atoms with Gasteiger partial charge in [0, 0.05) is 80.5 Å². The number of piperazine rings is 1. The number of nitrogens with zero attached hydrogens (tertiary/aromatic N) is 3. The molecule has 1 saturated heterocycles. The van der Waals surface area contributed by atoms with E-state index in [-0.39, 0.29) is 12.2 Å². The minimum Gasteiger partial charge on any atom is -0.491 e. The van der Waals surface area contributed by atoms with Gasteiger partial charge in [0.05, 0.1) is 24.6 Å². The predicted molar refractivity (Wildman–Crippen MR) is 213 cm³/mol. The Balaban J connectivity index is 1.12.